The molecule has 0 fully saturated rings. The second-order valence-corrected chi connectivity index (χ2v) is 3.41. The Morgan fingerprint density at radius 2 is 2.00 bits per heavy atom. The maximum Gasteiger partial charge on any atom is 0.326 e. The van der Waals surface area contributed by atoms with Gasteiger partial charge in [0.25, 0.3) is 0 Å². The quantitative estimate of drug-likeness (QED) is 0.553. The Balaban J connectivity index is 4.10. The first-order chi connectivity index (χ1) is 8.01. The van der Waals surface area contributed by atoms with Crippen LogP contribution in [0.3, 0.4) is 0 Å². The van der Waals surface area contributed by atoms with E-state index in [1.54, 1.807) is 0 Å². The van der Waals surface area contributed by atoms with Gasteiger partial charge >= 0.3 is 18.0 Å². The van der Waals surface area contributed by atoms with Crippen LogP contribution < -0.4 is 10.6 Å². The van der Waals surface area contributed by atoms with Crippen molar-refractivity contribution in [2.75, 3.05) is 13.7 Å². The highest BCUT2D eigenvalue weighted by atomic mass is 16.5. The van der Waals surface area contributed by atoms with Crippen LogP contribution in [0.4, 0.5) is 4.79 Å². The number of methoxy groups -OCH3 is 1. The molecule has 0 saturated carbocycles. The maximum atomic E-state index is 11.2. The molecule has 17 heavy (non-hydrogen) atoms. The van der Waals surface area contributed by atoms with E-state index in [-0.39, 0.29) is 12.8 Å². The van der Waals surface area contributed by atoms with Crippen LogP contribution >= 0.6 is 0 Å². The van der Waals surface area contributed by atoms with Gasteiger partial charge in [-0.25, -0.2) is 9.59 Å². The van der Waals surface area contributed by atoms with Gasteiger partial charge in [-0.1, -0.05) is 6.92 Å². The Bertz CT molecular complexity index is 280. The standard InChI is InChI=1S/C10H18N2O5/c1-3-6-11-10(16)12-7(9(14)15)4-5-8(13)17-2/h7H,3-6H2,1-2H3,(H,14,15)(H2,11,12,16)/t7-/m1/s1. The Morgan fingerprint density at radius 3 is 2.47 bits per heavy atom. The van der Waals surface area contributed by atoms with E-state index in [4.69, 9.17) is 5.11 Å². The number of hydrogen-bond acceptors (Lipinski definition) is 4. The summed E-state index contributed by atoms with van der Waals surface area (Å²) < 4.78 is 4.39. The molecular formula is C10H18N2O5. The molecule has 0 aromatic carbocycles. The van der Waals surface area contributed by atoms with Crippen LogP contribution in [0.25, 0.3) is 0 Å². The predicted octanol–water partition coefficient (Wildman–Crippen LogP) is 0.102. The normalized spacial score (nSPS) is 11.4. The van der Waals surface area contributed by atoms with Gasteiger partial charge in [-0.05, 0) is 12.8 Å². The van der Waals surface area contributed by atoms with E-state index >= 15 is 0 Å². The first-order valence-corrected chi connectivity index (χ1v) is 5.35. The van der Waals surface area contributed by atoms with E-state index in [0.29, 0.717) is 6.54 Å². The summed E-state index contributed by atoms with van der Waals surface area (Å²) in [6, 6.07) is -1.64. The second kappa shape index (κ2) is 8.37. The number of aliphatic carboxylic acids is 1. The molecule has 0 radical (unpaired) electrons. The average molecular weight is 246 g/mol. The summed E-state index contributed by atoms with van der Waals surface area (Å²) in [6.07, 6.45) is 0.705. The molecule has 0 saturated heterocycles. The van der Waals surface area contributed by atoms with Gasteiger partial charge < -0.3 is 20.5 Å². The second-order valence-electron chi connectivity index (χ2n) is 3.41. The van der Waals surface area contributed by atoms with Crippen molar-refractivity contribution in [3.8, 4) is 0 Å². The van der Waals surface area contributed by atoms with Gasteiger partial charge in [0, 0.05) is 13.0 Å². The highest BCUT2D eigenvalue weighted by Crippen LogP contribution is 1.99. The Kier molecular flexibility index (Phi) is 7.49. The first kappa shape index (κ1) is 15.2. The fraction of sp³-hybridized carbons (Fsp3) is 0.700. The van der Waals surface area contributed by atoms with Crippen molar-refractivity contribution >= 4 is 18.0 Å². The lowest BCUT2D eigenvalue weighted by atomic mass is 10.1. The SMILES string of the molecule is CCCNC(=O)N[C@H](CCC(=O)OC)C(=O)O. The minimum Gasteiger partial charge on any atom is -0.480 e. The zero-order valence-electron chi connectivity index (χ0n) is 9.99. The number of carboxylic acids is 1. The monoisotopic (exact) mass is 246 g/mol. The Labute approximate surface area is 99.5 Å². The molecule has 98 valence electrons. The highest BCUT2D eigenvalue weighted by Gasteiger charge is 2.20. The minimum absolute atomic E-state index is 0.00154. The highest BCUT2D eigenvalue weighted by molar-refractivity contribution is 5.83. The third-order valence-electron chi connectivity index (χ3n) is 2.00. The van der Waals surface area contributed by atoms with Gasteiger partial charge in [0.05, 0.1) is 7.11 Å². The van der Waals surface area contributed by atoms with Crippen molar-refractivity contribution in [1.82, 2.24) is 10.6 Å². The van der Waals surface area contributed by atoms with Gasteiger partial charge in [0.15, 0.2) is 0 Å². The van der Waals surface area contributed by atoms with Crippen LogP contribution in [-0.4, -0.2) is 42.8 Å². The fourth-order valence-electron chi connectivity index (χ4n) is 1.07. The molecule has 0 aliphatic heterocycles. The molecule has 1 atom stereocenters. The number of hydrogen-bond donors (Lipinski definition) is 3. The van der Waals surface area contributed by atoms with Crippen LogP contribution in [-0.2, 0) is 14.3 Å². The number of carbonyl (C=O) groups is 3. The summed E-state index contributed by atoms with van der Waals surface area (Å²) >= 11 is 0. The summed E-state index contributed by atoms with van der Waals surface area (Å²) in [5.41, 5.74) is 0. The molecule has 0 heterocycles. The van der Waals surface area contributed by atoms with Gasteiger partial charge in [-0.3, -0.25) is 4.79 Å². The van der Waals surface area contributed by atoms with E-state index in [2.05, 4.69) is 15.4 Å². The van der Waals surface area contributed by atoms with E-state index in [0.717, 1.165) is 6.42 Å². The number of nitrogens with one attached hydrogen (secondary N) is 2. The van der Waals surface area contributed by atoms with Crippen LogP contribution in [0.15, 0.2) is 0 Å². The van der Waals surface area contributed by atoms with Gasteiger partial charge in [0.2, 0.25) is 0 Å². The molecule has 3 N–H and O–H groups in total. The summed E-state index contributed by atoms with van der Waals surface area (Å²) in [4.78, 5) is 32.9. The van der Waals surface area contributed by atoms with E-state index in [1.807, 2.05) is 6.92 Å². The molecule has 7 heteroatoms. The number of ether oxygens (including phenoxy) is 1. The lowest BCUT2D eigenvalue weighted by molar-refractivity contribution is -0.142. The van der Waals surface area contributed by atoms with Crippen molar-refractivity contribution in [3.05, 3.63) is 0 Å². The number of amides is 2. The van der Waals surface area contributed by atoms with Crippen molar-refractivity contribution in [1.29, 1.82) is 0 Å². The number of esters is 1. The van der Waals surface area contributed by atoms with Crippen LogP contribution in [0.1, 0.15) is 26.2 Å². The number of rotatable bonds is 7. The molecule has 0 aromatic heterocycles. The van der Waals surface area contributed by atoms with Crippen molar-refractivity contribution in [2.45, 2.75) is 32.2 Å². The predicted molar refractivity (Wildman–Crippen MR) is 59.5 cm³/mol. The molecule has 0 bridgehead atoms. The molecular weight excluding hydrogens is 228 g/mol. The Morgan fingerprint density at radius 1 is 1.35 bits per heavy atom. The molecule has 0 rings (SSSR count). The zero-order chi connectivity index (χ0) is 13.3. The van der Waals surface area contributed by atoms with E-state index < -0.39 is 24.0 Å². The fourth-order valence-corrected chi connectivity index (χ4v) is 1.07. The summed E-state index contributed by atoms with van der Waals surface area (Å²) in [7, 11) is 1.22. The molecule has 0 aromatic rings. The number of carbonyl (C=O) groups excluding carboxylic acids is 2. The van der Waals surface area contributed by atoms with E-state index in [9.17, 15) is 14.4 Å². The topological polar surface area (TPSA) is 105 Å². The van der Waals surface area contributed by atoms with Gasteiger partial charge in [-0.15, -0.1) is 0 Å². The third kappa shape index (κ3) is 7.15. The van der Waals surface area contributed by atoms with Crippen molar-refractivity contribution in [2.24, 2.45) is 0 Å². The maximum absolute atomic E-state index is 11.2. The lowest BCUT2D eigenvalue weighted by Crippen LogP contribution is -2.46. The van der Waals surface area contributed by atoms with Crippen LogP contribution in [0, 0.1) is 0 Å². The summed E-state index contributed by atoms with van der Waals surface area (Å²) in [6.45, 7) is 2.35. The van der Waals surface area contributed by atoms with Crippen LogP contribution in [0.2, 0.25) is 0 Å². The first-order valence-electron chi connectivity index (χ1n) is 5.35. The van der Waals surface area contributed by atoms with Crippen molar-refractivity contribution in [3.63, 3.8) is 0 Å². The molecule has 0 unspecified atom stereocenters. The summed E-state index contributed by atoms with van der Waals surface area (Å²) in [5.74, 6) is -1.69. The van der Waals surface area contributed by atoms with Gasteiger partial charge in [0.1, 0.15) is 6.04 Å². The van der Waals surface area contributed by atoms with Crippen LogP contribution in [0.5, 0.6) is 0 Å². The average Bonchev–Trinajstić information content (AvgIpc) is 2.30. The largest absolute Gasteiger partial charge is 0.480 e. The number of carboxylic acid groups (broad SMARTS) is 1. The molecule has 0 aliphatic carbocycles. The molecule has 0 aliphatic rings. The molecule has 2 amide bonds. The minimum atomic E-state index is -1.18. The van der Waals surface area contributed by atoms with Crippen molar-refractivity contribution < 1.29 is 24.2 Å². The van der Waals surface area contributed by atoms with E-state index in [1.165, 1.54) is 7.11 Å². The van der Waals surface area contributed by atoms with Gasteiger partial charge in [-0.2, -0.15) is 0 Å². The number of urea groups is 1. The Hall–Kier alpha value is -1.79. The molecule has 0 spiro atoms. The summed E-state index contributed by atoms with van der Waals surface area (Å²) in [5, 5.41) is 13.6. The zero-order valence-corrected chi connectivity index (χ0v) is 9.99. The third-order valence-corrected chi connectivity index (χ3v) is 2.00. The lowest BCUT2D eigenvalue weighted by Gasteiger charge is -2.14. The molecule has 7 nitrogen and oxygen atoms in total. The smallest absolute Gasteiger partial charge is 0.326 e.